The van der Waals surface area contributed by atoms with Gasteiger partial charge in [-0.25, -0.2) is 9.59 Å². The summed E-state index contributed by atoms with van der Waals surface area (Å²) in [5.41, 5.74) is 3.05. The van der Waals surface area contributed by atoms with E-state index >= 15 is 0 Å². The Balaban J connectivity index is 1.44. The molecule has 1 unspecified atom stereocenters. The summed E-state index contributed by atoms with van der Waals surface area (Å²) in [5.74, 6) is -1.95. The molecule has 2 aliphatic rings. The summed E-state index contributed by atoms with van der Waals surface area (Å²) in [7, 11) is 0. The molecule has 186 valence electrons. The number of nitrogens with one attached hydrogen (secondary N) is 2. The van der Waals surface area contributed by atoms with Crippen LogP contribution in [0.2, 0.25) is 0 Å². The summed E-state index contributed by atoms with van der Waals surface area (Å²) in [6.07, 6.45) is 0.257. The van der Waals surface area contributed by atoms with Crippen molar-refractivity contribution < 1.29 is 29.0 Å². The molecule has 2 atom stereocenters. The van der Waals surface area contributed by atoms with Gasteiger partial charge in [-0.15, -0.1) is 0 Å². The SMILES string of the molecule is CCC(C)[C@H](NC(=O)OCC1c2ccccc2-c2ccccc21)C(=O)NC1(C(=O)O)CCOCC1. The first-order valence-corrected chi connectivity index (χ1v) is 12.1. The minimum Gasteiger partial charge on any atom is -0.480 e. The molecule has 4 rings (SSSR count). The number of hydrogen-bond acceptors (Lipinski definition) is 5. The lowest BCUT2D eigenvalue weighted by Gasteiger charge is -2.36. The standard InChI is InChI=1S/C27H32N2O6/c1-3-17(2)23(24(30)29-27(25(31)32)12-14-34-15-13-27)28-26(33)35-16-22-20-10-6-4-8-18(20)19-9-5-7-11-21(19)22/h4-11,17,22-23H,3,12-16H2,1-2H3,(H,28,33)(H,29,30)(H,31,32)/t17?,23-/m0/s1. The van der Waals surface area contributed by atoms with Crippen LogP contribution < -0.4 is 10.6 Å². The van der Waals surface area contributed by atoms with Gasteiger partial charge in [0.05, 0.1) is 0 Å². The maximum absolute atomic E-state index is 13.2. The molecular formula is C27H32N2O6. The Bertz CT molecular complexity index is 1050. The van der Waals surface area contributed by atoms with Crippen LogP contribution in [0.5, 0.6) is 0 Å². The number of fused-ring (bicyclic) bond motifs is 3. The highest BCUT2D eigenvalue weighted by Crippen LogP contribution is 2.44. The summed E-state index contributed by atoms with van der Waals surface area (Å²) in [6.45, 7) is 4.38. The zero-order valence-corrected chi connectivity index (χ0v) is 20.1. The molecule has 8 heteroatoms. The van der Waals surface area contributed by atoms with E-state index in [0.29, 0.717) is 6.42 Å². The van der Waals surface area contributed by atoms with Gasteiger partial charge in [0, 0.05) is 32.0 Å². The van der Waals surface area contributed by atoms with E-state index in [4.69, 9.17) is 9.47 Å². The highest BCUT2D eigenvalue weighted by molar-refractivity contribution is 5.91. The fourth-order valence-electron chi connectivity index (χ4n) is 4.89. The number of rotatable bonds is 8. The molecule has 1 heterocycles. The number of ether oxygens (including phenoxy) is 2. The van der Waals surface area contributed by atoms with E-state index in [9.17, 15) is 19.5 Å². The minimum atomic E-state index is -1.40. The summed E-state index contributed by atoms with van der Waals surface area (Å²) < 4.78 is 10.9. The lowest BCUT2D eigenvalue weighted by Crippen LogP contribution is -2.62. The molecule has 1 aliphatic carbocycles. The lowest BCUT2D eigenvalue weighted by atomic mass is 9.88. The van der Waals surface area contributed by atoms with Crippen LogP contribution in [0, 0.1) is 5.92 Å². The van der Waals surface area contributed by atoms with Crippen LogP contribution in [0.3, 0.4) is 0 Å². The van der Waals surface area contributed by atoms with Crippen molar-refractivity contribution in [1.29, 1.82) is 0 Å². The second-order valence-corrected chi connectivity index (χ2v) is 9.32. The second kappa shape index (κ2) is 10.5. The van der Waals surface area contributed by atoms with Crippen LogP contribution >= 0.6 is 0 Å². The van der Waals surface area contributed by atoms with Crippen LogP contribution in [0.1, 0.15) is 50.2 Å². The molecule has 1 aliphatic heterocycles. The fourth-order valence-corrected chi connectivity index (χ4v) is 4.89. The van der Waals surface area contributed by atoms with Crippen LogP contribution in [0.25, 0.3) is 11.1 Å². The number of alkyl carbamates (subject to hydrolysis) is 1. The molecule has 2 aromatic rings. The first-order valence-electron chi connectivity index (χ1n) is 12.1. The van der Waals surface area contributed by atoms with Crippen molar-refractivity contribution in [2.45, 2.75) is 50.6 Å². The third-order valence-corrected chi connectivity index (χ3v) is 7.23. The van der Waals surface area contributed by atoms with Crippen molar-refractivity contribution in [2.24, 2.45) is 5.92 Å². The Kier molecular flexibility index (Phi) is 7.40. The predicted octanol–water partition coefficient (Wildman–Crippen LogP) is 3.69. The smallest absolute Gasteiger partial charge is 0.407 e. The molecule has 8 nitrogen and oxygen atoms in total. The van der Waals surface area contributed by atoms with Crippen LogP contribution in [-0.4, -0.2) is 54.5 Å². The van der Waals surface area contributed by atoms with E-state index in [-0.39, 0.29) is 44.5 Å². The maximum Gasteiger partial charge on any atom is 0.407 e. The molecule has 0 radical (unpaired) electrons. The minimum absolute atomic E-state index is 0.0958. The Morgan fingerprint density at radius 2 is 1.63 bits per heavy atom. The van der Waals surface area contributed by atoms with Gasteiger partial charge >= 0.3 is 12.1 Å². The Hall–Kier alpha value is -3.39. The van der Waals surface area contributed by atoms with Gasteiger partial charge in [-0.05, 0) is 28.2 Å². The lowest BCUT2D eigenvalue weighted by molar-refractivity contribution is -0.152. The highest BCUT2D eigenvalue weighted by Gasteiger charge is 2.43. The molecule has 0 saturated carbocycles. The van der Waals surface area contributed by atoms with Gasteiger partial charge in [0.2, 0.25) is 5.91 Å². The van der Waals surface area contributed by atoms with Gasteiger partial charge in [0.15, 0.2) is 0 Å². The highest BCUT2D eigenvalue weighted by atomic mass is 16.5. The van der Waals surface area contributed by atoms with E-state index in [1.807, 2.05) is 50.2 Å². The number of carboxylic acids is 1. The molecule has 0 aromatic heterocycles. The summed E-state index contributed by atoms with van der Waals surface area (Å²) in [6, 6.07) is 15.2. The van der Waals surface area contributed by atoms with E-state index in [1.165, 1.54) is 0 Å². The van der Waals surface area contributed by atoms with Gasteiger partial charge in [-0.1, -0.05) is 68.8 Å². The van der Waals surface area contributed by atoms with Crippen LogP contribution in [0.4, 0.5) is 4.79 Å². The van der Waals surface area contributed by atoms with Gasteiger partial charge in [-0.3, -0.25) is 4.79 Å². The number of carboxylic acid groups (broad SMARTS) is 1. The van der Waals surface area contributed by atoms with Crippen LogP contribution in [0.15, 0.2) is 48.5 Å². The molecule has 0 bridgehead atoms. The Morgan fingerprint density at radius 1 is 1.06 bits per heavy atom. The number of benzene rings is 2. The number of amides is 2. The third-order valence-electron chi connectivity index (χ3n) is 7.23. The summed E-state index contributed by atoms with van der Waals surface area (Å²) >= 11 is 0. The van der Waals surface area contributed by atoms with E-state index < -0.39 is 29.6 Å². The molecule has 0 spiro atoms. The average Bonchev–Trinajstić information content (AvgIpc) is 3.19. The number of carbonyl (C=O) groups is 3. The maximum atomic E-state index is 13.2. The zero-order chi connectivity index (χ0) is 25.0. The van der Waals surface area contributed by atoms with Gasteiger partial charge in [0.25, 0.3) is 0 Å². The van der Waals surface area contributed by atoms with E-state index in [0.717, 1.165) is 22.3 Å². The quantitative estimate of drug-likeness (QED) is 0.531. The second-order valence-electron chi connectivity index (χ2n) is 9.32. The number of aliphatic carboxylic acids is 1. The van der Waals surface area contributed by atoms with Crippen molar-refractivity contribution in [2.75, 3.05) is 19.8 Å². The van der Waals surface area contributed by atoms with Gasteiger partial charge in [-0.2, -0.15) is 0 Å². The van der Waals surface area contributed by atoms with E-state index in [1.54, 1.807) is 0 Å². The molecule has 1 saturated heterocycles. The van der Waals surface area contributed by atoms with Crippen LogP contribution in [-0.2, 0) is 19.1 Å². The molecule has 2 aromatic carbocycles. The third kappa shape index (κ3) is 5.03. The number of carbonyl (C=O) groups excluding carboxylic acids is 2. The molecule has 1 fully saturated rings. The largest absolute Gasteiger partial charge is 0.480 e. The first-order chi connectivity index (χ1) is 16.9. The fraction of sp³-hybridized carbons (Fsp3) is 0.444. The molecule has 3 N–H and O–H groups in total. The van der Waals surface area contributed by atoms with Crippen molar-refractivity contribution in [3.05, 3.63) is 59.7 Å². The summed E-state index contributed by atoms with van der Waals surface area (Å²) in [4.78, 5) is 37.9. The van der Waals surface area contributed by atoms with Crippen molar-refractivity contribution in [3.8, 4) is 11.1 Å². The zero-order valence-electron chi connectivity index (χ0n) is 20.1. The Labute approximate surface area is 205 Å². The molecule has 35 heavy (non-hydrogen) atoms. The monoisotopic (exact) mass is 480 g/mol. The summed E-state index contributed by atoms with van der Waals surface area (Å²) in [5, 5.41) is 15.2. The topological polar surface area (TPSA) is 114 Å². The first kappa shape index (κ1) is 24.7. The van der Waals surface area contributed by atoms with Crippen molar-refractivity contribution in [3.63, 3.8) is 0 Å². The normalized spacial score (nSPS) is 18.0. The predicted molar refractivity (Wildman–Crippen MR) is 130 cm³/mol. The van der Waals surface area contributed by atoms with Gasteiger partial charge < -0.3 is 25.2 Å². The Morgan fingerprint density at radius 3 is 2.17 bits per heavy atom. The van der Waals surface area contributed by atoms with Crippen molar-refractivity contribution in [1.82, 2.24) is 10.6 Å². The molecule has 2 amide bonds. The van der Waals surface area contributed by atoms with E-state index in [2.05, 4.69) is 22.8 Å². The van der Waals surface area contributed by atoms with Gasteiger partial charge in [0.1, 0.15) is 18.2 Å². The molecular weight excluding hydrogens is 448 g/mol. The van der Waals surface area contributed by atoms with Crippen molar-refractivity contribution >= 4 is 18.0 Å². The average molecular weight is 481 g/mol. The number of hydrogen-bond donors (Lipinski definition) is 3.